The van der Waals surface area contributed by atoms with Crippen LogP contribution < -0.4 is 0 Å². The first-order valence-electron chi connectivity index (χ1n) is 9.73. The Labute approximate surface area is 160 Å². The number of aliphatic hydroxyl groups excluding tert-OH is 1. The monoisotopic (exact) mass is 365 g/mol. The molecule has 27 heavy (non-hydrogen) atoms. The molecule has 2 aliphatic rings. The average Bonchev–Trinajstić information content (AvgIpc) is 2.71. The summed E-state index contributed by atoms with van der Waals surface area (Å²) in [4.78, 5) is 18.4. The summed E-state index contributed by atoms with van der Waals surface area (Å²) in [5.41, 5.74) is 2.67. The number of amides is 1. The standard InChI is InChI=1S/C22H27N3O2/c26-17-21(27)24-13-11-23(12-14-24)20-15-25(16-20)22(18-7-3-1-4-8-18)19-9-5-2-6-10-19/h1-10,20,22,26H,11-17H2. The maximum atomic E-state index is 11.6. The Hall–Kier alpha value is -2.21. The molecule has 0 atom stereocenters. The number of hydrogen-bond donors (Lipinski definition) is 1. The van der Waals surface area contributed by atoms with Gasteiger partial charge in [0.25, 0.3) is 0 Å². The van der Waals surface area contributed by atoms with Crippen molar-refractivity contribution in [2.45, 2.75) is 12.1 Å². The first-order chi connectivity index (χ1) is 13.3. The van der Waals surface area contributed by atoms with E-state index in [4.69, 9.17) is 5.11 Å². The van der Waals surface area contributed by atoms with Crippen molar-refractivity contribution in [1.82, 2.24) is 14.7 Å². The smallest absolute Gasteiger partial charge is 0.248 e. The number of rotatable bonds is 5. The summed E-state index contributed by atoms with van der Waals surface area (Å²) in [5.74, 6) is -0.155. The van der Waals surface area contributed by atoms with Gasteiger partial charge >= 0.3 is 0 Å². The molecule has 2 fully saturated rings. The van der Waals surface area contributed by atoms with E-state index in [1.807, 2.05) is 0 Å². The van der Waals surface area contributed by atoms with Crippen LogP contribution in [-0.4, -0.2) is 77.6 Å². The molecule has 2 heterocycles. The number of hydrogen-bond acceptors (Lipinski definition) is 4. The van der Waals surface area contributed by atoms with Gasteiger partial charge in [0.05, 0.1) is 6.04 Å². The van der Waals surface area contributed by atoms with E-state index >= 15 is 0 Å². The van der Waals surface area contributed by atoms with Crippen LogP contribution in [0.25, 0.3) is 0 Å². The minimum absolute atomic E-state index is 0.155. The topological polar surface area (TPSA) is 47.0 Å². The van der Waals surface area contributed by atoms with Crippen LogP contribution in [0.3, 0.4) is 0 Å². The Morgan fingerprint density at radius 1 is 0.889 bits per heavy atom. The molecule has 2 aliphatic heterocycles. The highest BCUT2D eigenvalue weighted by atomic mass is 16.3. The largest absolute Gasteiger partial charge is 0.387 e. The molecule has 0 saturated carbocycles. The zero-order valence-corrected chi connectivity index (χ0v) is 15.6. The molecule has 0 radical (unpaired) electrons. The van der Waals surface area contributed by atoms with E-state index in [9.17, 15) is 4.79 Å². The van der Waals surface area contributed by atoms with Crippen molar-refractivity contribution in [3.05, 3.63) is 71.8 Å². The molecule has 1 amide bonds. The summed E-state index contributed by atoms with van der Waals surface area (Å²) in [5, 5.41) is 9.02. The van der Waals surface area contributed by atoms with Crippen molar-refractivity contribution in [3.63, 3.8) is 0 Å². The Morgan fingerprint density at radius 2 is 1.41 bits per heavy atom. The SMILES string of the molecule is O=C(CO)N1CCN(C2CN(C(c3ccccc3)c3ccccc3)C2)CC1. The maximum Gasteiger partial charge on any atom is 0.248 e. The van der Waals surface area contributed by atoms with Crippen molar-refractivity contribution in [3.8, 4) is 0 Å². The molecule has 0 aliphatic carbocycles. The van der Waals surface area contributed by atoms with Gasteiger partial charge in [-0.25, -0.2) is 0 Å². The van der Waals surface area contributed by atoms with E-state index in [-0.39, 0.29) is 12.5 Å². The van der Waals surface area contributed by atoms with E-state index in [2.05, 4.69) is 70.5 Å². The van der Waals surface area contributed by atoms with Crippen LogP contribution in [0.4, 0.5) is 0 Å². The molecule has 0 aromatic heterocycles. The van der Waals surface area contributed by atoms with Crippen molar-refractivity contribution < 1.29 is 9.90 Å². The number of carbonyl (C=O) groups is 1. The minimum Gasteiger partial charge on any atom is -0.387 e. The van der Waals surface area contributed by atoms with Crippen LogP contribution in [0.1, 0.15) is 17.2 Å². The second kappa shape index (κ2) is 8.21. The lowest BCUT2D eigenvalue weighted by Crippen LogP contribution is -2.64. The van der Waals surface area contributed by atoms with Crippen LogP contribution in [-0.2, 0) is 4.79 Å². The fourth-order valence-electron chi connectivity index (χ4n) is 4.25. The number of aliphatic hydroxyl groups is 1. The third kappa shape index (κ3) is 3.90. The summed E-state index contributed by atoms with van der Waals surface area (Å²) >= 11 is 0. The van der Waals surface area contributed by atoms with Crippen LogP contribution in [0, 0.1) is 0 Å². The molecule has 0 unspecified atom stereocenters. The van der Waals surface area contributed by atoms with E-state index in [0.29, 0.717) is 12.1 Å². The molecule has 5 nitrogen and oxygen atoms in total. The molecule has 2 aromatic rings. The summed E-state index contributed by atoms with van der Waals surface area (Å²) < 4.78 is 0. The number of likely N-dealkylation sites (tertiary alicyclic amines) is 1. The molecule has 5 heteroatoms. The molecular formula is C22H27N3O2. The first kappa shape index (κ1) is 18.2. The average molecular weight is 365 g/mol. The van der Waals surface area contributed by atoms with Gasteiger partial charge in [-0.15, -0.1) is 0 Å². The lowest BCUT2D eigenvalue weighted by molar-refractivity contribution is -0.137. The van der Waals surface area contributed by atoms with Gasteiger partial charge in [0.2, 0.25) is 5.91 Å². The first-order valence-corrected chi connectivity index (χ1v) is 9.73. The minimum atomic E-state index is -0.382. The third-order valence-corrected chi connectivity index (χ3v) is 5.80. The highest BCUT2D eigenvalue weighted by Gasteiger charge is 2.38. The predicted molar refractivity (Wildman–Crippen MR) is 105 cm³/mol. The van der Waals surface area contributed by atoms with Crippen LogP contribution in [0.5, 0.6) is 0 Å². The van der Waals surface area contributed by atoms with Gasteiger partial charge < -0.3 is 10.0 Å². The van der Waals surface area contributed by atoms with Gasteiger partial charge in [-0.05, 0) is 11.1 Å². The van der Waals surface area contributed by atoms with Gasteiger partial charge in [0, 0.05) is 45.3 Å². The second-order valence-electron chi connectivity index (χ2n) is 7.41. The number of nitrogens with zero attached hydrogens (tertiary/aromatic N) is 3. The molecule has 0 bridgehead atoms. The van der Waals surface area contributed by atoms with Gasteiger partial charge in [0.15, 0.2) is 0 Å². The molecule has 142 valence electrons. The Balaban J connectivity index is 1.40. The number of carbonyl (C=O) groups excluding carboxylic acids is 1. The molecule has 2 aromatic carbocycles. The summed E-state index contributed by atoms with van der Waals surface area (Å²) in [7, 11) is 0. The normalized spacial score (nSPS) is 19.3. The summed E-state index contributed by atoms with van der Waals surface area (Å²) in [6.45, 7) is 4.93. The fourth-order valence-corrected chi connectivity index (χ4v) is 4.25. The van der Waals surface area contributed by atoms with Crippen molar-refractivity contribution in [2.24, 2.45) is 0 Å². The molecule has 2 saturated heterocycles. The Bertz CT molecular complexity index is 699. The molecule has 4 rings (SSSR count). The highest BCUT2D eigenvalue weighted by molar-refractivity contribution is 5.77. The van der Waals surface area contributed by atoms with E-state index < -0.39 is 0 Å². The van der Waals surface area contributed by atoms with E-state index in [1.54, 1.807) is 4.90 Å². The zero-order valence-electron chi connectivity index (χ0n) is 15.6. The Kier molecular flexibility index (Phi) is 5.53. The lowest BCUT2D eigenvalue weighted by atomic mass is 9.92. The zero-order chi connectivity index (χ0) is 18.6. The second-order valence-corrected chi connectivity index (χ2v) is 7.41. The van der Waals surface area contributed by atoms with E-state index in [1.165, 1.54) is 11.1 Å². The van der Waals surface area contributed by atoms with Gasteiger partial charge in [0.1, 0.15) is 6.61 Å². The van der Waals surface area contributed by atoms with Crippen LogP contribution >= 0.6 is 0 Å². The van der Waals surface area contributed by atoms with Crippen LogP contribution in [0.2, 0.25) is 0 Å². The van der Waals surface area contributed by atoms with Gasteiger partial charge in [-0.2, -0.15) is 0 Å². The maximum absolute atomic E-state index is 11.6. The van der Waals surface area contributed by atoms with Crippen molar-refractivity contribution >= 4 is 5.91 Å². The summed E-state index contributed by atoms with van der Waals surface area (Å²) in [6, 6.07) is 22.3. The van der Waals surface area contributed by atoms with E-state index in [0.717, 1.165) is 39.3 Å². The van der Waals surface area contributed by atoms with Gasteiger partial charge in [-0.3, -0.25) is 14.6 Å². The predicted octanol–water partition coefficient (Wildman–Crippen LogP) is 1.60. The van der Waals surface area contributed by atoms with Crippen LogP contribution in [0.15, 0.2) is 60.7 Å². The lowest BCUT2D eigenvalue weighted by Gasteiger charge is -2.51. The number of benzene rings is 2. The molecular weight excluding hydrogens is 338 g/mol. The quantitative estimate of drug-likeness (QED) is 0.874. The highest BCUT2D eigenvalue weighted by Crippen LogP contribution is 2.33. The molecule has 0 spiro atoms. The van der Waals surface area contributed by atoms with Crippen molar-refractivity contribution in [1.29, 1.82) is 0 Å². The summed E-state index contributed by atoms with van der Waals surface area (Å²) in [6.07, 6.45) is 0. The molecule has 1 N–H and O–H groups in total. The number of piperazine rings is 1. The van der Waals surface area contributed by atoms with Crippen molar-refractivity contribution in [2.75, 3.05) is 45.9 Å². The van der Waals surface area contributed by atoms with Gasteiger partial charge in [-0.1, -0.05) is 60.7 Å². The fraction of sp³-hybridized carbons (Fsp3) is 0.409. The third-order valence-electron chi connectivity index (χ3n) is 5.80. The Morgan fingerprint density at radius 3 is 1.89 bits per heavy atom.